The maximum Gasteiger partial charge on any atom is 0.165 e. The van der Waals surface area contributed by atoms with Gasteiger partial charge < -0.3 is 14.6 Å². The number of halogens is 1. The van der Waals surface area contributed by atoms with Crippen LogP contribution < -0.4 is 4.74 Å². The third kappa shape index (κ3) is 4.45. The first-order chi connectivity index (χ1) is 13.4. The number of ether oxygens (including phenoxy) is 2. The second kappa shape index (κ2) is 7.94. The minimum absolute atomic E-state index is 0.0405. The molecule has 5 heteroatoms. The number of rotatable bonds is 3. The van der Waals surface area contributed by atoms with Gasteiger partial charge in [-0.25, -0.2) is 0 Å². The molecule has 150 valence electrons. The van der Waals surface area contributed by atoms with Gasteiger partial charge in [-0.3, -0.25) is 4.90 Å². The van der Waals surface area contributed by atoms with Crippen LogP contribution in [0.15, 0.2) is 36.4 Å². The van der Waals surface area contributed by atoms with Crippen LogP contribution in [0.1, 0.15) is 32.3 Å². The Hall–Kier alpha value is -1.75. The minimum atomic E-state index is -0.0405. The van der Waals surface area contributed by atoms with E-state index >= 15 is 0 Å². The summed E-state index contributed by atoms with van der Waals surface area (Å²) in [5.74, 6) is 1.43. The monoisotopic (exact) mass is 401 g/mol. The third-order valence-corrected chi connectivity index (χ3v) is 5.90. The molecule has 28 heavy (non-hydrogen) atoms. The topological polar surface area (TPSA) is 41.9 Å². The molecule has 0 saturated carbocycles. The van der Waals surface area contributed by atoms with Crippen LogP contribution in [0, 0.1) is 5.92 Å². The van der Waals surface area contributed by atoms with Gasteiger partial charge in [-0.2, -0.15) is 0 Å². The lowest BCUT2D eigenvalue weighted by atomic mass is 9.88. The smallest absolute Gasteiger partial charge is 0.165 e. The normalized spacial score (nSPS) is 22.2. The summed E-state index contributed by atoms with van der Waals surface area (Å²) in [4.78, 5) is 2.44. The molecule has 0 spiro atoms. The van der Waals surface area contributed by atoms with Gasteiger partial charge in [-0.15, -0.1) is 0 Å². The summed E-state index contributed by atoms with van der Waals surface area (Å²) in [7, 11) is 0. The van der Waals surface area contributed by atoms with Crippen LogP contribution in [0.5, 0.6) is 11.5 Å². The standard InChI is InChI=1S/C23H28ClNO3/c1-23(2)13-16(6-8-28-23)14-25-7-9-27-22-19(15-25)10-18(12-21(22)26)17-4-3-5-20(24)11-17/h3-5,10-12,16,26H,6-9,13-15H2,1-2H3/t16-/m0/s1. The zero-order valence-electron chi connectivity index (χ0n) is 16.6. The first kappa shape index (κ1) is 19.6. The van der Waals surface area contributed by atoms with E-state index in [2.05, 4.69) is 24.8 Å². The van der Waals surface area contributed by atoms with Crippen LogP contribution in [0.4, 0.5) is 0 Å². The molecule has 2 aliphatic rings. The van der Waals surface area contributed by atoms with Crippen molar-refractivity contribution in [1.29, 1.82) is 0 Å². The Bertz CT molecular complexity index is 852. The minimum Gasteiger partial charge on any atom is -0.504 e. The average molecular weight is 402 g/mol. The predicted molar refractivity (Wildman–Crippen MR) is 112 cm³/mol. The van der Waals surface area contributed by atoms with E-state index in [4.69, 9.17) is 21.1 Å². The molecule has 4 rings (SSSR count). The van der Waals surface area contributed by atoms with E-state index in [-0.39, 0.29) is 11.4 Å². The number of phenols is 1. The number of aromatic hydroxyl groups is 1. The summed E-state index contributed by atoms with van der Waals surface area (Å²) in [5, 5.41) is 11.3. The lowest BCUT2D eigenvalue weighted by Crippen LogP contribution is -2.40. The molecule has 0 aromatic heterocycles. The van der Waals surface area contributed by atoms with Crippen molar-refractivity contribution in [3.8, 4) is 22.6 Å². The molecule has 4 nitrogen and oxygen atoms in total. The molecule has 2 heterocycles. The van der Waals surface area contributed by atoms with Crippen molar-refractivity contribution < 1.29 is 14.6 Å². The Morgan fingerprint density at radius 3 is 2.82 bits per heavy atom. The van der Waals surface area contributed by atoms with Gasteiger partial charge >= 0.3 is 0 Å². The van der Waals surface area contributed by atoms with Crippen LogP contribution in [0.25, 0.3) is 11.1 Å². The highest BCUT2D eigenvalue weighted by atomic mass is 35.5. The highest BCUT2D eigenvalue weighted by Gasteiger charge is 2.30. The first-order valence-electron chi connectivity index (χ1n) is 10.0. The van der Waals surface area contributed by atoms with E-state index in [1.54, 1.807) is 6.07 Å². The highest BCUT2D eigenvalue weighted by Crippen LogP contribution is 2.38. The van der Waals surface area contributed by atoms with Crippen molar-refractivity contribution >= 4 is 11.6 Å². The summed E-state index contributed by atoms with van der Waals surface area (Å²) in [6.45, 7) is 8.43. The molecule has 0 bridgehead atoms. The largest absolute Gasteiger partial charge is 0.504 e. The van der Waals surface area contributed by atoms with Gasteiger partial charge in [0.2, 0.25) is 0 Å². The number of hydrogen-bond donors (Lipinski definition) is 1. The van der Waals surface area contributed by atoms with Crippen molar-refractivity contribution in [1.82, 2.24) is 4.90 Å². The molecule has 1 fully saturated rings. The Morgan fingerprint density at radius 2 is 2.04 bits per heavy atom. The average Bonchev–Trinajstić information content (AvgIpc) is 2.83. The molecule has 0 radical (unpaired) electrons. The highest BCUT2D eigenvalue weighted by molar-refractivity contribution is 6.30. The van der Waals surface area contributed by atoms with Crippen molar-refractivity contribution in [3.05, 3.63) is 47.0 Å². The van der Waals surface area contributed by atoms with Crippen molar-refractivity contribution in [3.63, 3.8) is 0 Å². The van der Waals surface area contributed by atoms with E-state index in [1.807, 2.05) is 24.3 Å². The van der Waals surface area contributed by atoms with Crippen molar-refractivity contribution in [2.24, 2.45) is 5.92 Å². The first-order valence-corrected chi connectivity index (χ1v) is 10.4. The quantitative estimate of drug-likeness (QED) is 0.775. The number of hydrogen-bond acceptors (Lipinski definition) is 4. The van der Waals surface area contributed by atoms with Gasteiger partial charge in [0.05, 0.1) is 5.60 Å². The van der Waals surface area contributed by atoms with Gasteiger partial charge in [-0.1, -0.05) is 23.7 Å². The molecule has 2 aromatic carbocycles. The van der Waals surface area contributed by atoms with Gasteiger partial charge in [0.25, 0.3) is 0 Å². The summed E-state index contributed by atoms with van der Waals surface area (Å²) < 4.78 is 11.8. The maximum atomic E-state index is 10.6. The zero-order chi connectivity index (χ0) is 19.7. The molecular formula is C23H28ClNO3. The van der Waals surface area contributed by atoms with E-state index in [9.17, 15) is 5.11 Å². The Morgan fingerprint density at radius 1 is 1.18 bits per heavy atom. The van der Waals surface area contributed by atoms with Crippen molar-refractivity contribution in [2.45, 2.75) is 38.8 Å². The second-order valence-electron chi connectivity index (χ2n) is 8.54. The molecule has 0 amide bonds. The van der Waals surface area contributed by atoms with Crippen LogP contribution in [0.3, 0.4) is 0 Å². The molecular weight excluding hydrogens is 374 g/mol. The number of phenolic OH excluding ortho intramolecular Hbond substituents is 1. The lowest BCUT2D eigenvalue weighted by molar-refractivity contribution is -0.0771. The van der Waals surface area contributed by atoms with E-state index in [0.717, 1.165) is 55.8 Å². The predicted octanol–water partition coefficient (Wildman–Crippen LogP) is 5.11. The molecule has 2 aliphatic heterocycles. The lowest BCUT2D eigenvalue weighted by Gasteiger charge is -2.37. The Kier molecular flexibility index (Phi) is 5.55. The van der Waals surface area contributed by atoms with Crippen LogP contribution in [0.2, 0.25) is 5.02 Å². The maximum absolute atomic E-state index is 10.6. The van der Waals surface area contributed by atoms with Crippen LogP contribution in [-0.4, -0.2) is 41.9 Å². The fraction of sp³-hybridized carbons (Fsp3) is 0.478. The van der Waals surface area contributed by atoms with E-state index in [0.29, 0.717) is 23.3 Å². The molecule has 1 atom stereocenters. The molecule has 0 aliphatic carbocycles. The Labute approximate surface area is 172 Å². The molecule has 0 unspecified atom stereocenters. The molecule has 1 N–H and O–H groups in total. The second-order valence-corrected chi connectivity index (χ2v) is 8.98. The molecule has 1 saturated heterocycles. The number of nitrogens with zero attached hydrogens (tertiary/aromatic N) is 1. The summed E-state index contributed by atoms with van der Waals surface area (Å²) in [6.07, 6.45) is 2.17. The van der Waals surface area contributed by atoms with E-state index < -0.39 is 0 Å². The summed E-state index contributed by atoms with van der Waals surface area (Å²) >= 11 is 6.15. The Balaban J connectivity index is 1.56. The van der Waals surface area contributed by atoms with Gasteiger partial charge in [0.1, 0.15) is 6.61 Å². The zero-order valence-corrected chi connectivity index (χ0v) is 17.3. The summed E-state index contributed by atoms with van der Waals surface area (Å²) in [6, 6.07) is 11.6. The fourth-order valence-corrected chi connectivity index (χ4v) is 4.61. The van der Waals surface area contributed by atoms with Crippen LogP contribution >= 0.6 is 11.6 Å². The van der Waals surface area contributed by atoms with Crippen molar-refractivity contribution in [2.75, 3.05) is 26.3 Å². The van der Waals surface area contributed by atoms with E-state index in [1.165, 1.54) is 0 Å². The molecule has 2 aromatic rings. The summed E-state index contributed by atoms with van der Waals surface area (Å²) in [5.41, 5.74) is 2.93. The van der Waals surface area contributed by atoms with Gasteiger partial charge in [-0.05, 0) is 68.0 Å². The van der Waals surface area contributed by atoms with Gasteiger partial charge in [0, 0.05) is 36.8 Å². The fourth-order valence-electron chi connectivity index (χ4n) is 4.42. The van der Waals surface area contributed by atoms with Crippen LogP contribution in [-0.2, 0) is 11.3 Å². The number of benzene rings is 2. The number of fused-ring (bicyclic) bond motifs is 1. The SMILES string of the molecule is CC1(C)C[C@@H](CN2CCOc3c(O)cc(-c4cccc(Cl)c4)cc3C2)CCO1. The van der Waals surface area contributed by atoms with Gasteiger partial charge in [0.15, 0.2) is 11.5 Å². The third-order valence-electron chi connectivity index (χ3n) is 5.67.